The highest BCUT2D eigenvalue weighted by atomic mass is 32.2. The fraction of sp³-hybridized carbons (Fsp3) is 0.474. The van der Waals surface area contributed by atoms with Crippen LogP contribution >= 0.6 is 0 Å². The summed E-state index contributed by atoms with van der Waals surface area (Å²) in [7, 11) is -3.53. The van der Waals surface area contributed by atoms with Gasteiger partial charge in [0, 0.05) is 13.1 Å². The maximum atomic E-state index is 12.7. The van der Waals surface area contributed by atoms with E-state index in [0.29, 0.717) is 36.0 Å². The minimum atomic E-state index is -3.53. The average Bonchev–Trinajstić information content (AvgIpc) is 2.98. The first-order valence-corrected chi connectivity index (χ1v) is 10.4. The van der Waals surface area contributed by atoms with Gasteiger partial charge in [0.25, 0.3) is 0 Å². The van der Waals surface area contributed by atoms with E-state index in [1.165, 1.54) is 28.6 Å². The molecule has 0 N–H and O–H groups in total. The average molecular weight is 392 g/mol. The minimum Gasteiger partial charge on any atom is -0.457 e. The van der Waals surface area contributed by atoms with Crippen molar-refractivity contribution < 1.29 is 22.5 Å². The van der Waals surface area contributed by atoms with E-state index in [9.17, 15) is 13.2 Å². The van der Waals surface area contributed by atoms with Gasteiger partial charge in [-0.25, -0.2) is 13.2 Å². The van der Waals surface area contributed by atoms with Crippen LogP contribution in [0.1, 0.15) is 47.1 Å². The van der Waals surface area contributed by atoms with Crippen molar-refractivity contribution in [2.45, 2.75) is 45.1 Å². The number of hydrogen-bond acceptors (Lipinski definition) is 6. The lowest BCUT2D eigenvalue weighted by atomic mass is 10.0. The number of ether oxygens (including phenoxy) is 1. The zero-order valence-corrected chi connectivity index (χ0v) is 16.6. The van der Waals surface area contributed by atoms with Gasteiger partial charge in [-0.15, -0.1) is 0 Å². The van der Waals surface area contributed by atoms with Gasteiger partial charge in [0.15, 0.2) is 0 Å². The molecule has 0 unspecified atom stereocenters. The summed E-state index contributed by atoms with van der Waals surface area (Å²) in [4.78, 5) is 12.4. The summed E-state index contributed by atoms with van der Waals surface area (Å²) in [6.07, 6.45) is 1.73. The first-order chi connectivity index (χ1) is 12.8. The molecule has 1 fully saturated rings. The Morgan fingerprint density at radius 1 is 1.22 bits per heavy atom. The highest BCUT2D eigenvalue weighted by molar-refractivity contribution is 7.89. The number of esters is 1. The quantitative estimate of drug-likeness (QED) is 0.727. The van der Waals surface area contributed by atoms with Crippen molar-refractivity contribution in [3.05, 3.63) is 46.8 Å². The van der Waals surface area contributed by atoms with Crippen LogP contribution in [-0.4, -0.2) is 36.9 Å². The van der Waals surface area contributed by atoms with E-state index < -0.39 is 16.0 Å². The molecule has 27 heavy (non-hydrogen) atoms. The van der Waals surface area contributed by atoms with Crippen molar-refractivity contribution in [1.29, 1.82) is 0 Å². The van der Waals surface area contributed by atoms with Gasteiger partial charge in [-0.05, 0) is 56.9 Å². The molecular weight excluding hydrogens is 368 g/mol. The highest BCUT2D eigenvalue weighted by Crippen LogP contribution is 2.24. The maximum Gasteiger partial charge on any atom is 0.338 e. The Morgan fingerprint density at radius 3 is 2.41 bits per heavy atom. The van der Waals surface area contributed by atoms with Crippen LogP contribution in [0.5, 0.6) is 0 Å². The standard InChI is InChI=1S/C19H24N2O5S/c1-13-8-10-21(11-9-13)27(23,24)17-6-4-16(5-7-17)19(22)25-12-18-14(2)20-26-15(18)3/h4-7,13H,8-12H2,1-3H3. The van der Waals surface area contributed by atoms with Gasteiger partial charge in [0.05, 0.1) is 21.7 Å². The zero-order valence-electron chi connectivity index (χ0n) is 15.8. The Kier molecular flexibility index (Phi) is 5.67. The number of carbonyl (C=O) groups is 1. The number of aryl methyl sites for hydroxylation is 2. The summed E-state index contributed by atoms with van der Waals surface area (Å²) in [5, 5.41) is 3.82. The summed E-state index contributed by atoms with van der Waals surface area (Å²) < 4.78 is 37.3. The van der Waals surface area contributed by atoms with Gasteiger partial charge >= 0.3 is 5.97 Å². The van der Waals surface area contributed by atoms with Crippen LogP contribution in [0, 0.1) is 19.8 Å². The molecule has 0 radical (unpaired) electrons. The van der Waals surface area contributed by atoms with Crippen LogP contribution in [0.3, 0.4) is 0 Å². The molecule has 1 aliphatic heterocycles. The molecule has 1 saturated heterocycles. The third-order valence-electron chi connectivity index (χ3n) is 5.00. The number of rotatable bonds is 5. The molecule has 7 nitrogen and oxygen atoms in total. The van der Waals surface area contributed by atoms with Crippen LogP contribution in [0.4, 0.5) is 0 Å². The molecule has 1 aromatic carbocycles. The summed E-state index contributed by atoms with van der Waals surface area (Å²) in [6.45, 7) is 6.79. The number of carbonyl (C=O) groups excluding carboxylic acids is 1. The second kappa shape index (κ2) is 7.82. The SMILES string of the molecule is Cc1noc(C)c1COC(=O)c1ccc(S(=O)(=O)N2CCC(C)CC2)cc1. The van der Waals surface area contributed by atoms with E-state index in [4.69, 9.17) is 9.26 Å². The molecule has 1 aromatic heterocycles. The van der Waals surface area contributed by atoms with Crippen molar-refractivity contribution in [3.8, 4) is 0 Å². The van der Waals surface area contributed by atoms with Gasteiger partial charge in [-0.1, -0.05) is 12.1 Å². The minimum absolute atomic E-state index is 0.0615. The fourth-order valence-corrected chi connectivity index (χ4v) is 4.54. The molecule has 0 amide bonds. The Morgan fingerprint density at radius 2 is 1.85 bits per heavy atom. The van der Waals surface area contributed by atoms with Crippen molar-refractivity contribution in [2.24, 2.45) is 5.92 Å². The van der Waals surface area contributed by atoms with Crippen molar-refractivity contribution in [1.82, 2.24) is 9.46 Å². The van der Waals surface area contributed by atoms with Crippen LogP contribution in [0.2, 0.25) is 0 Å². The number of piperidine rings is 1. The zero-order chi connectivity index (χ0) is 19.6. The molecule has 1 aliphatic rings. The summed E-state index contributed by atoms with van der Waals surface area (Å²) in [6, 6.07) is 5.88. The third kappa shape index (κ3) is 4.22. The number of hydrogen-bond donors (Lipinski definition) is 0. The summed E-state index contributed by atoms with van der Waals surface area (Å²) >= 11 is 0. The van der Waals surface area contributed by atoms with Gasteiger partial charge in [-0.3, -0.25) is 0 Å². The second-order valence-electron chi connectivity index (χ2n) is 6.99. The second-order valence-corrected chi connectivity index (χ2v) is 8.93. The summed E-state index contributed by atoms with van der Waals surface area (Å²) in [5.74, 6) is 0.634. The number of benzene rings is 1. The Balaban J connectivity index is 1.66. The van der Waals surface area contributed by atoms with Gasteiger partial charge in [0.2, 0.25) is 10.0 Å². The van der Waals surface area contributed by atoms with Crippen LogP contribution in [0.15, 0.2) is 33.7 Å². The predicted molar refractivity (Wildman–Crippen MR) is 98.7 cm³/mol. The lowest BCUT2D eigenvalue weighted by Crippen LogP contribution is -2.37. The topological polar surface area (TPSA) is 89.7 Å². The van der Waals surface area contributed by atoms with E-state index in [2.05, 4.69) is 12.1 Å². The lowest BCUT2D eigenvalue weighted by molar-refractivity contribution is 0.0470. The van der Waals surface area contributed by atoms with Crippen LogP contribution < -0.4 is 0 Å². The van der Waals surface area contributed by atoms with E-state index in [-0.39, 0.29) is 11.5 Å². The molecule has 8 heteroatoms. The molecule has 3 rings (SSSR count). The third-order valence-corrected chi connectivity index (χ3v) is 6.91. The molecule has 2 heterocycles. The van der Waals surface area contributed by atoms with Crippen molar-refractivity contribution >= 4 is 16.0 Å². The normalized spacial score (nSPS) is 16.4. The van der Waals surface area contributed by atoms with Crippen LogP contribution in [0.25, 0.3) is 0 Å². The molecule has 0 saturated carbocycles. The van der Waals surface area contributed by atoms with Gasteiger partial charge in [-0.2, -0.15) is 4.31 Å². The predicted octanol–water partition coefficient (Wildman–Crippen LogP) is 3.07. The van der Waals surface area contributed by atoms with E-state index in [1.807, 2.05) is 0 Å². The number of aromatic nitrogens is 1. The Labute approximate surface area is 159 Å². The Bertz CT molecular complexity index is 891. The Hall–Kier alpha value is -2.19. The molecule has 0 bridgehead atoms. The number of sulfonamides is 1. The molecule has 2 aromatic rings. The largest absolute Gasteiger partial charge is 0.457 e. The van der Waals surface area contributed by atoms with Crippen molar-refractivity contribution in [2.75, 3.05) is 13.1 Å². The molecule has 0 atom stereocenters. The molecular formula is C19H24N2O5S. The van der Waals surface area contributed by atoms with Crippen LogP contribution in [-0.2, 0) is 21.4 Å². The highest BCUT2D eigenvalue weighted by Gasteiger charge is 2.28. The smallest absolute Gasteiger partial charge is 0.338 e. The summed E-state index contributed by atoms with van der Waals surface area (Å²) in [5.41, 5.74) is 1.72. The van der Waals surface area contributed by atoms with Crippen molar-refractivity contribution in [3.63, 3.8) is 0 Å². The maximum absolute atomic E-state index is 12.7. The van der Waals surface area contributed by atoms with E-state index >= 15 is 0 Å². The first-order valence-electron chi connectivity index (χ1n) is 8.98. The van der Waals surface area contributed by atoms with Gasteiger partial charge < -0.3 is 9.26 Å². The fourth-order valence-electron chi connectivity index (χ4n) is 3.07. The van der Waals surface area contributed by atoms with E-state index in [1.54, 1.807) is 13.8 Å². The van der Waals surface area contributed by atoms with Gasteiger partial charge in [0.1, 0.15) is 12.4 Å². The molecule has 146 valence electrons. The molecule has 0 spiro atoms. The van der Waals surface area contributed by atoms with E-state index in [0.717, 1.165) is 18.4 Å². The molecule has 0 aliphatic carbocycles. The monoisotopic (exact) mass is 392 g/mol. The number of nitrogens with zero attached hydrogens (tertiary/aromatic N) is 2. The lowest BCUT2D eigenvalue weighted by Gasteiger charge is -2.29. The first kappa shape index (κ1) is 19.6.